The fraction of sp³-hybridized carbons (Fsp3) is 0. The highest BCUT2D eigenvalue weighted by Gasteiger charge is 1.95. The summed E-state index contributed by atoms with van der Waals surface area (Å²) in [4.78, 5) is 4.07. The molecule has 0 atom stereocenters. The summed E-state index contributed by atoms with van der Waals surface area (Å²) in [5, 5.41) is 0. The van der Waals surface area contributed by atoms with Gasteiger partial charge in [-0.2, -0.15) is 0 Å². The van der Waals surface area contributed by atoms with Gasteiger partial charge in [-0.25, -0.2) is 0 Å². The highest BCUT2D eigenvalue weighted by Crippen LogP contribution is 2.20. The lowest BCUT2D eigenvalue weighted by atomic mass is 10.1. The van der Waals surface area contributed by atoms with Crippen LogP contribution in [0.25, 0.3) is 11.1 Å². The number of nitrogens with zero attached hydrogens (tertiary/aromatic N) is 1. The standard InChI is InChI=1S/C11H8BrN/c12-11-5-3-9(4-6-11)10-2-1-7-13-8-10/h1-8H. The quantitative estimate of drug-likeness (QED) is 0.735. The average Bonchev–Trinajstić information content (AvgIpc) is 2.20. The Balaban J connectivity index is 2.42. The average molecular weight is 234 g/mol. The molecule has 1 aromatic carbocycles. The van der Waals surface area contributed by atoms with Crippen LogP contribution in [0.15, 0.2) is 53.3 Å². The molecule has 0 unspecified atom stereocenters. The van der Waals surface area contributed by atoms with Crippen molar-refractivity contribution in [3.05, 3.63) is 53.3 Å². The normalized spacial score (nSPS) is 9.92. The molecule has 0 bridgehead atoms. The first kappa shape index (κ1) is 8.45. The highest BCUT2D eigenvalue weighted by molar-refractivity contribution is 9.10. The molecule has 2 rings (SSSR count). The van der Waals surface area contributed by atoms with E-state index < -0.39 is 0 Å². The molecule has 0 amide bonds. The van der Waals surface area contributed by atoms with E-state index in [9.17, 15) is 0 Å². The molecule has 0 saturated heterocycles. The minimum Gasteiger partial charge on any atom is -0.264 e. The Kier molecular flexibility index (Phi) is 2.41. The van der Waals surface area contributed by atoms with Gasteiger partial charge in [0.2, 0.25) is 0 Å². The molecule has 1 aromatic heterocycles. The lowest BCUT2D eigenvalue weighted by Crippen LogP contribution is -1.77. The van der Waals surface area contributed by atoms with E-state index in [1.807, 2.05) is 24.4 Å². The molecule has 0 radical (unpaired) electrons. The predicted molar refractivity (Wildman–Crippen MR) is 57.4 cm³/mol. The van der Waals surface area contributed by atoms with Crippen molar-refractivity contribution in [1.29, 1.82) is 0 Å². The van der Waals surface area contributed by atoms with Gasteiger partial charge in [0.25, 0.3) is 0 Å². The molecule has 0 saturated carbocycles. The molecule has 0 aliphatic heterocycles. The second-order valence-corrected chi connectivity index (χ2v) is 3.66. The minimum atomic E-state index is 1.10. The summed E-state index contributed by atoms with van der Waals surface area (Å²) in [6.45, 7) is 0. The van der Waals surface area contributed by atoms with Crippen LogP contribution in [-0.4, -0.2) is 4.98 Å². The van der Waals surface area contributed by atoms with E-state index in [1.54, 1.807) is 6.20 Å². The maximum absolute atomic E-state index is 4.07. The van der Waals surface area contributed by atoms with Gasteiger partial charge in [0.05, 0.1) is 0 Å². The lowest BCUT2D eigenvalue weighted by molar-refractivity contribution is 1.33. The Morgan fingerprint density at radius 1 is 0.923 bits per heavy atom. The van der Waals surface area contributed by atoms with Gasteiger partial charge in [0, 0.05) is 16.9 Å². The van der Waals surface area contributed by atoms with E-state index in [2.05, 4.69) is 39.1 Å². The fourth-order valence-corrected chi connectivity index (χ4v) is 1.44. The summed E-state index contributed by atoms with van der Waals surface area (Å²) in [6, 6.07) is 12.2. The summed E-state index contributed by atoms with van der Waals surface area (Å²) in [5.41, 5.74) is 2.34. The lowest BCUT2D eigenvalue weighted by Gasteiger charge is -1.99. The van der Waals surface area contributed by atoms with Crippen molar-refractivity contribution < 1.29 is 0 Å². The monoisotopic (exact) mass is 233 g/mol. The summed E-state index contributed by atoms with van der Waals surface area (Å²) in [6.07, 6.45) is 3.64. The SMILES string of the molecule is Brc1ccc(-c2cccnc2)cc1. The zero-order valence-electron chi connectivity index (χ0n) is 6.94. The van der Waals surface area contributed by atoms with Crippen LogP contribution in [0.4, 0.5) is 0 Å². The van der Waals surface area contributed by atoms with Crippen molar-refractivity contribution in [3.8, 4) is 11.1 Å². The van der Waals surface area contributed by atoms with Crippen molar-refractivity contribution in [1.82, 2.24) is 4.98 Å². The van der Waals surface area contributed by atoms with Gasteiger partial charge >= 0.3 is 0 Å². The van der Waals surface area contributed by atoms with E-state index in [4.69, 9.17) is 0 Å². The first-order chi connectivity index (χ1) is 6.36. The zero-order valence-corrected chi connectivity index (χ0v) is 8.53. The van der Waals surface area contributed by atoms with Crippen molar-refractivity contribution in [2.45, 2.75) is 0 Å². The number of aromatic nitrogens is 1. The minimum absolute atomic E-state index is 1.10. The molecule has 0 fully saturated rings. The van der Waals surface area contributed by atoms with Crippen LogP contribution in [0.3, 0.4) is 0 Å². The van der Waals surface area contributed by atoms with E-state index in [0.717, 1.165) is 10.0 Å². The van der Waals surface area contributed by atoms with Crippen LogP contribution < -0.4 is 0 Å². The van der Waals surface area contributed by atoms with Crippen LogP contribution in [0.5, 0.6) is 0 Å². The van der Waals surface area contributed by atoms with Gasteiger partial charge in [-0.1, -0.05) is 34.1 Å². The van der Waals surface area contributed by atoms with Crippen molar-refractivity contribution in [2.24, 2.45) is 0 Å². The first-order valence-corrected chi connectivity index (χ1v) is 4.81. The molecule has 13 heavy (non-hydrogen) atoms. The predicted octanol–water partition coefficient (Wildman–Crippen LogP) is 3.51. The summed E-state index contributed by atoms with van der Waals surface area (Å²) >= 11 is 3.40. The largest absolute Gasteiger partial charge is 0.264 e. The Morgan fingerprint density at radius 3 is 2.31 bits per heavy atom. The maximum Gasteiger partial charge on any atom is 0.0346 e. The number of rotatable bonds is 1. The summed E-state index contributed by atoms with van der Waals surface area (Å²) < 4.78 is 1.10. The van der Waals surface area contributed by atoms with Gasteiger partial charge in [0.1, 0.15) is 0 Å². The van der Waals surface area contributed by atoms with E-state index in [1.165, 1.54) is 5.56 Å². The van der Waals surface area contributed by atoms with Gasteiger partial charge in [-0.15, -0.1) is 0 Å². The number of hydrogen-bond donors (Lipinski definition) is 0. The molecule has 1 heterocycles. The Bertz CT molecular complexity index is 381. The summed E-state index contributed by atoms with van der Waals surface area (Å²) in [7, 11) is 0. The van der Waals surface area contributed by atoms with Crippen LogP contribution in [0.2, 0.25) is 0 Å². The Hall–Kier alpha value is -1.15. The molecular weight excluding hydrogens is 226 g/mol. The molecule has 0 aliphatic rings. The third kappa shape index (κ3) is 1.95. The van der Waals surface area contributed by atoms with Gasteiger partial charge in [-0.3, -0.25) is 4.98 Å². The summed E-state index contributed by atoms with van der Waals surface area (Å²) in [5.74, 6) is 0. The molecule has 2 heteroatoms. The van der Waals surface area contributed by atoms with Crippen molar-refractivity contribution in [2.75, 3.05) is 0 Å². The number of pyridine rings is 1. The molecular formula is C11H8BrN. The number of halogens is 1. The second-order valence-electron chi connectivity index (χ2n) is 2.75. The van der Waals surface area contributed by atoms with Crippen molar-refractivity contribution in [3.63, 3.8) is 0 Å². The van der Waals surface area contributed by atoms with Crippen molar-refractivity contribution >= 4 is 15.9 Å². The third-order valence-electron chi connectivity index (χ3n) is 1.84. The molecule has 0 aliphatic carbocycles. The molecule has 0 spiro atoms. The maximum atomic E-state index is 4.07. The fourth-order valence-electron chi connectivity index (χ4n) is 1.18. The molecule has 2 aromatic rings. The molecule has 1 nitrogen and oxygen atoms in total. The van der Waals surface area contributed by atoms with Gasteiger partial charge in [-0.05, 0) is 29.3 Å². The van der Waals surface area contributed by atoms with E-state index in [-0.39, 0.29) is 0 Å². The van der Waals surface area contributed by atoms with Crippen LogP contribution in [0.1, 0.15) is 0 Å². The molecule has 64 valence electrons. The van der Waals surface area contributed by atoms with Gasteiger partial charge in [0.15, 0.2) is 0 Å². The second kappa shape index (κ2) is 3.71. The zero-order chi connectivity index (χ0) is 9.10. The number of hydrogen-bond acceptors (Lipinski definition) is 1. The third-order valence-corrected chi connectivity index (χ3v) is 2.37. The van der Waals surface area contributed by atoms with E-state index >= 15 is 0 Å². The van der Waals surface area contributed by atoms with Crippen LogP contribution in [0, 0.1) is 0 Å². The topological polar surface area (TPSA) is 12.9 Å². The Morgan fingerprint density at radius 2 is 1.69 bits per heavy atom. The smallest absolute Gasteiger partial charge is 0.0346 e. The van der Waals surface area contributed by atoms with Crippen LogP contribution >= 0.6 is 15.9 Å². The highest BCUT2D eigenvalue weighted by atomic mass is 79.9. The van der Waals surface area contributed by atoms with Gasteiger partial charge < -0.3 is 0 Å². The first-order valence-electron chi connectivity index (χ1n) is 4.02. The molecule has 0 N–H and O–H groups in total. The number of benzene rings is 1. The Labute approximate surface area is 85.6 Å². The van der Waals surface area contributed by atoms with Crippen LogP contribution in [-0.2, 0) is 0 Å². The van der Waals surface area contributed by atoms with E-state index in [0.29, 0.717) is 0 Å².